The largest absolute Gasteiger partial charge is 0.344 e. The zero-order valence-corrected chi connectivity index (χ0v) is 13.1. The molecule has 1 saturated carbocycles. The number of piperazine rings is 1. The molecule has 1 atom stereocenters. The molecule has 0 aromatic carbocycles. The summed E-state index contributed by atoms with van der Waals surface area (Å²) in [5.74, 6) is 0.171. The van der Waals surface area contributed by atoms with E-state index >= 15 is 0 Å². The van der Waals surface area contributed by atoms with Crippen molar-refractivity contribution < 1.29 is 9.59 Å². The summed E-state index contributed by atoms with van der Waals surface area (Å²) in [6.07, 6.45) is 5.29. The van der Waals surface area contributed by atoms with E-state index in [9.17, 15) is 9.59 Å². The van der Waals surface area contributed by atoms with Crippen LogP contribution in [0.1, 0.15) is 32.6 Å². The van der Waals surface area contributed by atoms with Crippen molar-refractivity contribution in [2.75, 3.05) is 31.9 Å². The van der Waals surface area contributed by atoms with Crippen LogP contribution in [0.3, 0.4) is 0 Å². The van der Waals surface area contributed by atoms with Gasteiger partial charge in [0.1, 0.15) is 6.04 Å². The molecule has 0 aromatic heterocycles. The number of rotatable bonds is 4. The molecule has 2 rings (SSSR count). The number of carbonyl (C=O) groups is 2. The Morgan fingerprint density at radius 2 is 1.80 bits per heavy atom. The molecule has 6 heteroatoms. The molecule has 2 aliphatic rings. The standard InChI is InChI=1S/C14H25N3O2S/c1-11(18)15-13(10-20)14(19)17-8-6-16(7-9-17)12-4-2-3-5-12/h12-13,20H,2-10H2,1H3,(H,15,18). The van der Waals surface area contributed by atoms with E-state index < -0.39 is 6.04 Å². The Labute approximate surface area is 126 Å². The van der Waals surface area contributed by atoms with Crippen LogP contribution in [-0.2, 0) is 9.59 Å². The van der Waals surface area contributed by atoms with Gasteiger partial charge in [0.2, 0.25) is 11.8 Å². The molecule has 1 saturated heterocycles. The van der Waals surface area contributed by atoms with E-state index in [0.29, 0.717) is 5.75 Å². The maximum atomic E-state index is 12.3. The molecule has 0 aromatic rings. The van der Waals surface area contributed by atoms with Crippen molar-refractivity contribution in [1.29, 1.82) is 0 Å². The van der Waals surface area contributed by atoms with Gasteiger partial charge in [-0.2, -0.15) is 12.6 Å². The van der Waals surface area contributed by atoms with Crippen molar-refractivity contribution in [2.45, 2.75) is 44.7 Å². The summed E-state index contributed by atoms with van der Waals surface area (Å²) < 4.78 is 0. The number of carbonyl (C=O) groups excluding carboxylic acids is 2. The Bertz CT molecular complexity index is 350. The van der Waals surface area contributed by atoms with Crippen LogP contribution in [0.5, 0.6) is 0 Å². The van der Waals surface area contributed by atoms with Crippen molar-refractivity contribution in [3.05, 3.63) is 0 Å². The molecule has 1 N–H and O–H groups in total. The monoisotopic (exact) mass is 299 g/mol. The zero-order chi connectivity index (χ0) is 14.5. The first-order valence-electron chi connectivity index (χ1n) is 7.52. The Balaban J connectivity index is 1.82. The molecule has 2 amide bonds. The number of hydrogen-bond donors (Lipinski definition) is 2. The highest BCUT2D eigenvalue weighted by Gasteiger charge is 2.30. The van der Waals surface area contributed by atoms with Crippen LogP contribution in [0.2, 0.25) is 0 Å². The molecular weight excluding hydrogens is 274 g/mol. The minimum absolute atomic E-state index is 0.00118. The molecule has 1 aliphatic carbocycles. The predicted octanol–water partition coefficient (Wildman–Crippen LogP) is 0.508. The van der Waals surface area contributed by atoms with Gasteiger partial charge < -0.3 is 10.2 Å². The van der Waals surface area contributed by atoms with Crippen LogP contribution in [-0.4, -0.2) is 65.6 Å². The first kappa shape index (κ1) is 15.6. The fourth-order valence-electron chi connectivity index (χ4n) is 3.23. The van der Waals surface area contributed by atoms with E-state index in [2.05, 4.69) is 22.8 Å². The van der Waals surface area contributed by atoms with Gasteiger partial charge in [0, 0.05) is 44.9 Å². The fraction of sp³-hybridized carbons (Fsp3) is 0.857. The Morgan fingerprint density at radius 3 is 2.30 bits per heavy atom. The Hall–Kier alpha value is -0.750. The first-order chi connectivity index (χ1) is 9.61. The molecule has 0 bridgehead atoms. The molecular formula is C14H25N3O2S. The van der Waals surface area contributed by atoms with Gasteiger partial charge in [-0.15, -0.1) is 0 Å². The summed E-state index contributed by atoms with van der Waals surface area (Å²) in [4.78, 5) is 27.8. The summed E-state index contributed by atoms with van der Waals surface area (Å²) in [5, 5.41) is 2.67. The van der Waals surface area contributed by atoms with E-state index in [1.165, 1.54) is 32.6 Å². The van der Waals surface area contributed by atoms with Crippen molar-refractivity contribution in [3.63, 3.8) is 0 Å². The molecule has 1 aliphatic heterocycles. The fourth-order valence-corrected chi connectivity index (χ4v) is 3.48. The third-order valence-corrected chi connectivity index (χ3v) is 4.69. The molecule has 0 radical (unpaired) electrons. The van der Waals surface area contributed by atoms with Gasteiger partial charge in [-0.25, -0.2) is 0 Å². The molecule has 20 heavy (non-hydrogen) atoms. The highest BCUT2D eigenvalue weighted by Crippen LogP contribution is 2.24. The van der Waals surface area contributed by atoms with Gasteiger partial charge in [-0.3, -0.25) is 14.5 Å². The predicted molar refractivity (Wildman–Crippen MR) is 81.9 cm³/mol. The second kappa shape index (κ2) is 7.31. The number of amides is 2. The Morgan fingerprint density at radius 1 is 1.20 bits per heavy atom. The van der Waals surface area contributed by atoms with E-state index in [-0.39, 0.29) is 11.8 Å². The Kier molecular flexibility index (Phi) is 5.72. The zero-order valence-electron chi connectivity index (χ0n) is 12.2. The maximum absolute atomic E-state index is 12.3. The van der Waals surface area contributed by atoms with Crippen LogP contribution in [0.25, 0.3) is 0 Å². The van der Waals surface area contributed by atoms with Crippen LogP contribution >= 0.6 is 12.6 Å². The van der Waals surface area contributed by atoms with Crippen molar-refractivity contribution in [3.8, 4) is 0 Å². The maximum Gasteiger partial charge on any atom is 0.246 e. The molecule has 1 unspecified atom stereocenters. The summed E-state index contributed by atoms with van der Waals surface area (Å²) in [7, 11) is 0. The topological polar surface area (TPSA) is 52.7 Å². The van der Waals surface area contributed by atoms with Crippen LogP contribution in [0.4, 0.5) is 0 Å². The first-order valence-corrected chi connectivity index (χ1v) is 8.16. The lowest BCUT2D eigenvalue weighted by molar-refractivity contribution is -0.137. The van der Waals surface area contributed by atoms with Crippen LogP contribution in [0.15, 0.2) is 0 Å². The minimum atomic E-state index is -0.492. The quantitative estimate of drug-likeness (QED) is 0.744. The number of hydrogen-bond acceptors (Lipinski definition) is 4. The van der Waals surface area contributed by atoms with Gasteiger partial charge in [0.15, 0.2) is 0 Å². The number of thiol groups is 1. The van der Waals surface area contributed by atoms with Gasteiger partial charge in [0.05, 0.1) is 0 Å². The highest BCUT2D eigenvalue weighted by molar-refractivity contribution is 7.80. The van der Waals surface area contributed by atoms with Gasteiger partial charge in [-0.1, -0.05) is 12.8 Å². The van der Waals surface area contributed by atoms with E-state index in [0.717, 1.165) is 32.2 Å². The van der Waals surface area contributed by atoms with Gasteiger partial charge >= 0.3 is 0 Å². The second-order valence-electron chi connectivity index (χ2n) is 5.74. The van der Waals surface area contributed by atoms with Crippen LogP contribution < -0.4 is 5.32 Å². The van der Waals surface area contributed by atoms with Crippen LogP contribution in [0, 0.1) is 0 Å². The highest BCUT2D eigenvalue weighted by atomic mass is 32.1. The van der Waals surface area contributed by atoms with Gasteiger partial charge in [0.25, 0.3) is 0 Å². The van der Waals surface area contributed by atoms with Crippen molar-refractivity contribution in [1.82, 2.24) is 15.1 Å². The summed E-state index contributed by atoms with van der Waals surface area (Å²) >= 11 is 4.17. The summed E-state index contributed by atoms with van der Waals surface area (Å²) in [6, 6.07) is 0.233. The van der Waals surface area contributed by atoms with E-state index in [4.69, 9.17) is 0 Å². The molecule has 0 spiro atoms. The smallest absolute Gasteiger partial charge is 0.246 e. The lowest BCUT2D eigenvalue weighted by atomic mass is 10.1. The summed E-state index contributed by atoms with van der Waals surface area (Å²) in [5.41, 5.74) is 0. The lowest BCUT2D eigenvalue weighted by Crippen LogP contribution is -2.56. The third kappa shape index (κ3) is 3.88. The SMILES string of the molecule is CC(=O)NC(CS)C(=O)N1CCN(C2CCCC2)CC1. The molecule has 2 fully saturated rings. The third-order valence-electron chi connectivity index (χ3n) is 4.33. The average molecular weight is 299 g/mol. The minimum Gasteiger partial charge on any atom is -0.344 e. The molecule has 5 nitrogen and oxygen atoms in total. The summed E-state index contributed by atoms with van der Waals surface area (Å²) in [6.45, 7) is 4.87. The van der Waals surface area contributed by atoms with Crippen molar-refractivity contribution >= 4 is 24.4 Å². The number of nitrogens with one attached hydrogen (secondary N) is 1. The average Bonchev–Trinajstić information content (AvgIpc) is 2.98. The van der Waals surface area contributed by atoms with Gasteiger partial charge in [-0.05, 0) is 12.8 Å². The van der Waals surface area contributed by atoms with Crippen molar-refractivity contribution in [2.24, 2.45) is 0 Å². The second-order valence-corrected chi connectivity index (χ2v) is 6.10. The lowest BCUT2D eigenvalue weighted by Gasteiger charge is -2.39. The van der Waals surface area contributed by atoms with E-state index in [1.54, 1.807) is 0 Å². The molecule has 1 heterocycles. The normalized spacial score (nSPS) is 22.8. The molecule has 114 valence electrons. The van der Waals surface area contributed by atoms with E-state index in [1.807, 2.05) is 4.90 Å². The number of nitrogens with zero attached hydrogens (tertiary/aromatic N) is 2.